The third-order valence-electron chi connectivity index (χ3n) is 5.89. The summed E-state index contributed by atoms with van der Waals surface area (Å²) in [4.78, 5) is 30.1. The maximum absolute atomic E-state index is 12.7. The molecule has 5 heteroatoms. The van der Waals surface area contributed by atoms with Gasteiger partial charge in [-0.25, -0.2) is 0 Å². The van der Waals surface area contributed by atoms with Crippen molar-refractivity contribution in [1.29, 1.82) is 0 Å². The second-order valence-electron chi connectivity index (χ2n) is 7.95. The molecule has 1 fully saturated rings. The molecule has 0 radical (unpaired) electrons. The molecule has 1 aromatic heterocycles. The molecule has 1 saturated heterocycles. The Labute approximate surface area is 167 Å². The molecule has 2 N–H and O–H groups in total. The summed E-state index contributed by atoms with van der Waals surface area (Å²) in [5.41, 5.74) is 4.96. The van der Waals surface area contributed by atoms with E-state index in [0.717, 1.165) is 29.9 Å². The summed E-state index contributed by atoms with van der Waals surface area (Å²) in [6.45, 7) is 10.0. The average Bonchev–Trinajstić information content (AvgIpc) is 2.97. The maximum Gasteiger partial charge on any atom is 0.268 e. The van der Waals surface area contributed by atoms with Gasteiger partial charge >= 0.3 is 0 Å². The zero-order valence-electron chi connectivity index (χ0n) is 17.4. The lowest BCUT2D eigenvalue weighted by Crippen LogP contribution is -2.37. The minimum atomic E-state index is -0.172. The normalized spacial score (nSPS) is 17.5. The second-order valence-corrected chi connectivity index (χ2v) is 7.95. The van der Waals surface area contributed by atoms with Crippen molar-refractivity contribution in [3.8, 4) is 0 Å². The van der Waals surface area contributed by atoms with Gasteiger partial charge < -0.3 is 10.3 Å². The minimum absolute atomic E-state index is 0.0219. The monoisotopic (exact) mass is 381 g/mol. The number of carbonyl (C=O) groups is 2. The van der Waals surface area contributed by atoms with E-state index in [1.807, 2.05) is 19.9 Å². The number of benzene rings is 1. The molecule has 5 nitrogen and oxygen atoms in total. The van der Waals surface area contributed by atoms with Gasteiger partial charge in [-0.1, -0.05) is 30.7 Å². The van der Waals surface area contributed by atoms with Crippen molar-refractivity contribution in [3.05, 3.63) is 57.9 Å². The quantitative estimate of drug-likeness (QED) is 0.739. The number of carbonyl (C=O) groups excluding carboxylic acids is 2. The maximum atomic E-state index is 12.7. The number of Topliss-reactive ketones (excluding diaryl/α,β-unsaturated/α-hetero) is 1. The molecule has 2 aromatic rings. The van der Waals surface area contributed by atoms with Crippen molar-refractivity contribution in [2.75, 3.05) is 6.54 Å². The van der Waals surface area contributed by atoms with Crippen LogP contribution in [0.15, 0.2) is 24.3 Å². The van der Waals surface area contributed by atoms with Gasteiger partial charge in [0.2, 0.25) is 0 Å². The van der Waals surface area contributed by atoms with Gasteiger partial charge in [0.25, 0.3) is 5.91 Å². The van der Waals surface area contributed by atoms with E-state index in [9.17, 15) is 9.59 Å². The highest BCUT2D eigenvalue weighted by molar-refractivity contribution is 6.02. The summed E-state index contributed by atoms with van der Waals surface area (Å²) in [6.07, 6.45) is 3.82. The third-order valence-corrected chi connectivity index (χ3v) is 5.89. The van der Waals surface area contributed by atoms with Crippen LogP contribution in [0.3, 0.4) is 0 Å². The Morgan fingerprint density at radius 3 is 2.54 bits per heavy atom. The summed E-state index contributed by atoms with van der Waals surface area (Å²) in [5, 5.41) is 3.02. The predicted molar refractivity (Wildman–Crippen MR) is 112 cm³/mol. The number of nitrogens with zero attached hydrogens (tertiary/aromatic N) is 1. The number of nitrogens with one attached hydrogen (secondary N) is 2. The van der Waals surface area contributed by atoms with E-state index in [2.05, 4.69) is 40.3 Å². The topological polar surface area (TPSA) is 65.2 Å². The molecule has 1 amide bonds. The molecule has 0 unspecified atom stereocenters. The van der Waals surface area contributed by atoms with Crippen LogP contribution in [0.1, 0.15) is 76.3 Å². The molecular formula is C23H31N3O2. The van der Waals surface area contributed by atoms with Gasteiger partial charge in [-0.3, -0.25) is 14.5 Å². The summed E-state index contributed by atoms with van der Waals surface area (Å²) in [6, 6.07) is 8.92. The molecule has 1 aliphatic rings. The Morgan fingerprint density at radius 1 is 1.18 bits per heavy atom. The van der Waals surface area contributed by atoms with Gasteiger partial charge in [0.1, 0.15) is 5.69 Å². The lowest BCUT2D eigenvalue weighted by molar-refractivity contribution is 0.0945. The first-order valence-electron chi connectivity index (χ1n) is 10.2. The molecule has 28 heavy (non-hydrogen) atoms. The van der Waals surface area contributed by atoms with E-state index in [0.29, 0.717) is 23.8 Å². The Morgan fingerprint density at radius 2 is 1.89 bits per heavy atom. The van der Waals surface area contributed by atoms with E-state index >= 15 is 0 Å². The Hall–Kier alpha value is -2.40. The molecule has 1 atom stereocenters. The molecule has 0 aliphatic carbocycles. The molecule has 2 heterocycles. The van der Waals surface area contributed by atoms with Gasteiger partial charge in [0, 0.05) is 30.4 Å². The standard InChI is InChI=1S/C23H31N3O2/c1-15-9-7-8-12-26(15)14-20-11-6-5-10-19(20)13-24-23(28)22-16(2)21(18(4)27)17(3)25-22/h5-6,10-11,15,25H,7-9,12-14H2,1-4H3,(H,24,28)/t15-/m0/s1. The molecule has 1 aliphatic heterocycles. The lowest BCUT2D eigenvalue weighted by atomic mass is 10.0. The Kier molecular flexibility index (Phi) is 6.35. The summed E-state index contributed by atoms with van der Waals surface area (Å²) in [5.74, 6) is -0.194. The number of H-pyrrole nitrogens is 1. The number of ketones is 1. The van der Waals surface area contributed by atoms with E-state index in [4.69, 9.17) is 0 Å². The van der Waals surface area contributed by atoms with Gasteiger partial charge in [-0.15, -0.1) is 0 Å². The number of likely N-dealkylation sites (tertiary alicyclic amines) is 1. The summed E-state index contributed by atoms with van der Waals surface area (Å²) >= 11 is 0. The van der Waals surface area contributed by atoms with Crippen LogP contribution in [0.5, 0.6) is 0 Å². The molecule has 0 saturated carbocycles. The molecule has 0 spiro atoms. The lowest BCUT2D eigenvalue weighted by Gasteiger charge is -2.33. The fourth-order valence-electron chi connectivity index (χ4n) is 4.26. The number of amides is 1. The first kappa shape index (κ1) is 20.3. The molecular weight excluding hydrogens is 350 g/mol. The highest BCUT2D eigenvalue weighted by atomic mass is 16.2. The van der Waals surface area contributed by atoms with Crippen LogP contribution in [-0.4, -0.2) is 34.2 Å². The van der Waals surface area contributed by atoms with Crippen LogP contribution in [0.25, 0.3) is 0 Å². The highest BCUT2D eigenvalue weighted by Gasteiger charge is 2.21. The molecule has 0 bridgehead atoms. The van der Waals surface area contributed by atoms with Crippen molar-refractivity contribution < 1.29 is 9.59 Å². The van der Waals surface area contributed by atoms with Gasteiger partial charge in [-0.2, -0.15) is 0 Å². The SMILES string of the molecule is CC(=O)c1c(C)[nH]c(C(=O)NCc2ccccc2CN2CCCC[C@@H]2C)c1C. The van der Waals surface area contributed by atoms with Crippen molar-refractivity contribution >= 4 is 11.7 Å². The van der Waals surface area contributed by atoms with Crippen molar-refractivity contribution in [2.45, 2.75) is 66.1 Å². The van der Waals surface area contributed by atoms with Crippen molar-refractivity contribution in [3.63, 3.8) is 0 Å². The second kappa shape index (κ2) is 8.74. The van der Waals surface area contributed by atoms with Crippen molar-refractivity contribution in [2.24, 2.45) is 0 Å². The average molecular weight is 382 g/mol. The van der Waals surface area contributed by atoms with Crippen molar-refractivity contribution in [1.82, 2.24) is 15.2 Å². The first-order chi connectivity index (χ1) is 13.4. The van der Waals surface area contributed by atoms with Crippen LogP contribution in [0.4, 0.5) is 0 Å². The van der Waals surface area contributed by atoms with E-state index in [-0.39, 0.29) is 11.7 Å². The predicted octanol–water partition coefficient (Wildman–Crippen LogP) is 4.14. The van der Waals surface area contributed by atoms with Gasteiger partial charge in [0.15, 0.2) is 5.78 Å². The summed E-state index contributed by atoms with van der Waals surface area (Å²) in [7, 11) is 0. The van der Waals surface area contributed by atoms with Crippen LogP contribution in [0, 0.1) is 13.8 Å². The van der Waals surface area contributed by atoms with Crippen LogP contribution in [0.2, 0.25) is 0 Å². The first-order valence-corrected chi connectivity index (χ1v) is 10.2. The van der Waals surface area contributed by atoms with Gasteiger partial charge in [0.05, 0.1) is 0 Å². The van der Waals surface area contributed by atoms with Gasteiger partial charge in [-0.05, 0) is 63.8 Å². The smallest absolute Gasteiger partial charge is 0.268 e. The molecule has 3 rings (SSSR count). The number of hydrogen-bond donors (Lipinski definition) is 2. The zero-order valence-corrected chi connectivity index (χ0v) is 17.4. The fraction of sp³-hybridized carbons (Fsp3) is 0.478. The van der Waals surface area contributed by atoms with Crippen LogP contribution >= 0.6 is 0 Å². The largest absolute Gasteiger partial charge is 0.354 e. The molecule has 1 aromatic carbocycles. The van der Waals surface area contributed by atoms with E-state index < -0.39 is 0 Å². The molecule has 150 valence electrons. The number of hydrogen-bond acceptors (Lipinski definition) is 3. The number of aromatic nitrogens is 1. The fourth-order valence-corrected chi connectivity index (χ4v) is 4.26. The van der Waals surface area contributed by atoms with E-state index in [1.165, 1.54) is 31.7 Å². The Bertz CT molecular complexity index is 869. The van der Waals surface area contributed by atoms with Crippen LogP contribution < -0.4 is 5.32 Å². The van der Waals surface area contributed by atoms with Crippen LogP contribution in [-0.2, 0) is 13.1 Å². The number of aromatic amines is 1. The van der Waals surface area contributed by atoms with E-state index in [1.54, 1.807) is 0 Å². The minimum Gasteiger partial charge on any atom is -0.354 e. The number of piperidine rings is 1. The zero-order chi connectivity index (χ0) is 20.3. The summed E-state index contributed by atoms with van der Waals surface area (Å²) < 4.78 is 0. The number of aryl methyl sites for hydroxylation is 1. The Balaban J connectivity index is 1.70. The highest BCUT2D eigenvalue weighted by Crippen LogP contribution is 2.21. The third kappa shape index (κ3) is 4.36. The number of rotatable bonds is 6.